The molecule has 168 valence electrons. The van der Waals surface area contributed by atoms with E-state index in [4.69, 9.17) is 10.8 Å². The lowest BCUT2D eigenvalue weighted by Crippen LogP contribution is -2.30. The van der Waals surface area contributed by atoms with E-state index in [1.165, 1.54) is 0 Å². The predicted octanol–water partition coefficient (Wildman–Crippen LogP) is 2.19. The number of nitrogen functional groups attached to an aromatic ring is 1. The molecule has 6 N–H and O–H groups in total. The van der Waals surface area contributed by atoms with E-state index in [-0.39, 0.29) is 23.8 Å². The van der Waals surface area contributed by atoms with Crippen LogP contribution in [0.5, 0.6) is 0 Å². The van der Waals surface area contributed by atoms with E-state index in [1.54, 1.807) is 12.1 Å². The van der Waals surface area contributed by atoms with Crippen LogP contribution in [0.25, 0.3) is 0 Å². The molecule has 1 atom stereocenters. The van der Waals surface area contributed by atoms with Gasteiger partial charge in [-0.15, -0.1) is 0 Å². The molecule has 0 saturated carbocycles. The van der Waals surface area contributed by atoms with Gasteiger partial charge in [0.05, 0.1) is 5.56 Å². The fourth-order valence-electron chi connectivity index (χ4n) is 3.39. The van der Waals surface area contributed by atoms with Crippen molar-refractivity contribution in [2.24, 2.45) is 5.92 Å². The number of aromatic amines is 1. The van der Waals surface area contributed by atoms with Gasteiger partial charge in [-0.25, -0.2) is 0 Å². The van der Waals surface area contributed by atoms with Crippen LogP contribution in [-0.2, 0) is 17.6 Å². The van der Waals surface area contributed by atoms with E-state index in [9.17, 15) is 14.4 Å². The number of carbonyl (C=O) groups is 2. The van der Waals surface area contributed by atoms with Crippen LogP contribution in [0.15, 0.2) is 29.1 Å². The van der Waals surface area contributed by atoms with Crippen molar-refractivity contribution < 1.29 is 14.7 Å². The maximum absolute atomic E-state index is 12.1. The molecule has 2 heterocycles. The Morgan fingerprint density at radius 2 is 1.97 bits per heavy atom. The minimum atomic E-state index is -0.870. The molecular formula is C22H31N5O4. The highest BCUT2D eigenvalue weighted by molar-refractivity contribution is 5.94. The summed E-state index contributed by atoms with van der Waals surface area (Å²) in [7, 11) is 0. The summed E-state index contributed by atoms with van der Waals surface area (Å²) in [6.45, 7) is 5.07. The fraction of sp³-hybridized carbons (Fsp3) is 0.455. The van der Waals surface area contributed by atoms with Crippen LogP contribution in [0, 0.1) is 5.92 Å². The minimum absolute atomic E-state index is 0.0367. The van der Waals surface area contributed by atoms with Crippen molar-refractivity contribution in [1.29, 1.82) is 0 Å². The quantitative estimate of drug-likeness (QED) is 0.404. The molecule has 1 unspecified atom stereocenters. The van der Waals surface area contributed by atoms with Crippen LogP contribution < -0.4 is 21.9 Å². The van der Waals surface area contributed by atoms with E-state index in [0.717, 1.165) is 24.9 Å². The Morgan fingerprint density at radius 1 is 1.26 bits per heavy atom. The minimum Gasteiger partial charge on any atom is -0.481 e. The number of nitrogens with two attached hydrogens (primary N) is 1. The third-order valence-electron chi connectivity index (χ3n) is 5.00. The number of aliphatic carboxylic acids is 1. The summed E-state index contributed by atoms with van der Waals surface area (Å²) < 4.78 is 0. The van der Waals surface area contributed by atoms with Crippen LogP contribution >= 0.6 is 0 Å². The van der Waals surface area contributed by atoms with Gasteiger partial charge < -0.3 is 21.5 Å². The summed E-state index contributed by atoms with van der Waals surface area (Å²) in [6.07, 6.45) is 2.83. The monoisotopic (exact) mass is 429 g/mol. The van der Waals surface area contributed by atoms with Gasteiger partial charge in [-0.1, -0.05) is 26.0 Å². The van der Waals surface area contributed by atoms with Gasteiger partial charge in [0.15, 0.2) is 0 Å². The Balaban J connectivity index is 0.00000166. The zero-order chi connectivity index (χ0) is 22.8. The van der Waals surface area contributed by atoms with E-state index in [0.29, 0.717) is 42.2 Å². The first-order chi connectivity index (χ1) is 14.9. The van der Waals surface area contributed by atoms with Gasteiger partial charge >= 0.3 is 5.97 Å². The molecule has 9 heteroatoms. The van der Waals surface area contributed by atoms with Gasteiger partial charge in [-0.3, -0.25) is 19.4 Å². The van der Waals surface area contributed by atoms with Crippen molar-refractivity contribution in [3.8, 4) is 0 Å². The number of nitrogens with one attached hydrogen (secondary N) is 3. The Bertz CT molecular complexity index is 940. The van der Waals surface area contributed by atoms with Crippen LogP contribution in [0.3, 0.4) is 0 Å². The zero-order valence-electron chi connectivity index (χ0n) is 18.0. The molecule has 3 rings (SSSR count). The summed E-state index contributed by atoms with van der Waals surface area (Å²) in [6, 6.07) is 7.39. The lowest BCUT2D eigenvalue weighted by atomic mass is 9.91. The van der Waals surface area contributed by atoms with Gasteiger partial charge in [0.1, 0.15) is 5.82 Å². The van der Waals surface area contributed by atoms with Crippen molar-refractivity contribution in [3.05, 3.63) is 51.3 Å². The largest absolute Gasteiger partial charge is 0.481 e. The van der Waals surface area contributed by atoms with Gasteiger partial charge in [-0.05, 0) is 49.3 Å². The molecule has 9 nitrogen and oxygen atoms in total. The van der Waals surface area contributed by atoms with Crippen molar-refractivity contribution in [2.45, 2.75) is 46.0 Å². The molecular weight excluding hydrogens is 398 g/mol. The lowest BCUT2D eigenvalue weighted by Gasteiger charge is -2.24. The number of carbonyl (C=O) groups excluding carboxylic acids is 1. The normalized spacial score (nSPS) is 14.5. The van der Waals surface area contributed by atoms with Gasteiger partial charge in [-0.2, -0.15) is 4.98 Å². The average molecular weight is 430 g/mol. The molecule has 1 aromatic heterocycles. The molecule has 0 fully saturated rings. The number of fused-ring (bicyclic) bond motifs is 1. The number of rotatable bonds is 8. The highest BCUT2D eigenvalue weighted by Gasteiger charge is 2.22. The Labute approximate surface area is 181 Å². The number of carboxylic acid groups (broad SMARTS) is 1. The summed E-state index contributed by atoms with van der Waals surface area (Å²) in [4.78, 5) is 41.3. The molecule has 1 aromatic carbocycles. The molecule has 0 spiro atoms. The Kier molecular flexibility index (Phi) is 9.05. The number of benzene rings is 1. The molecule has 0 aliphatic carbocycles. The maximum atomic E-state index is 12.1. The molecule has 0 bridgehead atoms. The summed E-state index contributed by atoms with van der Waals surface area (Å²) in [5, 5.41) is 14.5. The van der Waals surface area contributed by atoms with E-state index in [1.807, 2.05) is 26.0 Å². The number of carboxylic acids is 1. The molecule has 1 aliphatic heterocycles. The Morgan fingerprint density at radius 3 is 2.65 bits per heavy atom. The van der Waals surface area contributed by atoms with Crippen LogP contribution in [0.1, 0.15) is 54.6 Å². The second kappa shape index (κ2) is 11.7. The number of anilines is 2. The second-order valence-electron chi connectivity index (χ2n) is 7.22. The van der Waals surface area contributed by atoms with Crippen molar-refractivity contribution in [1.82, 2.24) is 15.3 Å². The number of nitrogens with zero attached hydrogens (tertiary/aromatic N) is 1. The van der Waals surface area contributed by atoms with E-state index in [2.05, 4.69) is 20.6 Å². The number of hydrogen-bond donors (Lipinski definition) is 5. The number of aromatic nitrogens is 2. The van der Waals surface area contributed by atoms with E-state index < -0.39 is 5.97 Å². The standard InChI is InChI=1S/C20H25N5O4.C2H6/c21-20-24-17-15(19(29)25-20)10-13(11-23-17)4-3-12-5-7-14(8-6-12)18(28)22-9-1-2-16(26)27;1-2/h5-8,13H,1-4,9-11H2,(H,22,28)(H,26,27)(H4,21,23,24,25,29);1-2H3. The first kappa shape index (κ1) is 23.9. The van der Waals surface area contributed by atoms with Gasteiger partial charge in [0.2, 0.25) is 5.95 Å². The number of amides is 1. The zero-order valence-corrected chi connectivity index (χ0v) is 18.0. The molecule has 2 aromatic rings. The highest BCUT2D eigenvalue weighted by atomic mass is 16.4. The summed E-state index contributed by atoms with van der Waals surface area (Å²) >= 11 is 0. The van der Waals surface area contributed by atoms with Crippen LogP contribution in [0.4, 0.5) is 11.8 Å². The Hall–Kier alpha value is -3.36. The van der Waals surface area contributed by atoms with Crippen LogP contribution in [-0.4, -0.2) is 40.0 Å². The maximum Gasteiger partial charge on any atom is 0.303 e. The average Bonchev–Trinajstić information content (AvgIpc) is 2.77. The third kappa shape index (κ3) is 7.13. The predicted molar refractivity (Wildman–Crippen MR) is 120 cm³/mol. The van der Waals surface area contributed by atoms with Crippen molar-refractivity contribution in [3.63, 3.8) is 0 Å². The smallest absolute Gasteiger partial charge is 0.303 e. The van der Waals surface area contributed by atoms with Gasteiger partial charge in [0.25, 0.3) is 11.5 Å². The molecule has 0 saturated heterocycles. The molecule has 1 aliphatic rings. The number of H-pyrrole nitrogens is 1. The number of aryl methyl sites for hydroxylation is 1. The number of hydrogen-bond acceptors (Lipinski definition) is 6. The van der Waals surface area contributed by atoms with Crippen LogP contribution in [0.2, 0.25) is 0 Å². The summed E-state index contributed by atoms with van der Waals surface area (Å²) in [5.41, 5.74) is 7.69. The molecule has 0 radical (unpaired) electrons. The SMILES string of the molecule is CC.Nc1nc2c(c(=O)[nH]1)CC(CCc1ccc(C(=O)NCCCC(=O)O)cc1)CN2. The fourth-order valence-corrected chi connectivity index (χ4v) is 3.39. The second-order valence-corrected chi connectivity index (χ2v) is 7.22. The lowest BCUT2D eigenvalue weighted by molar-refractivity contribution is -0.137. The molecule has 1 amide bonds. The molecule has 31 heavy (non-hydrogen) atoms. The highest BCUT2D eigenvalue weighted by Crippen LogP contribution is 2.23. The van der Waals surface area contributed by atoms with E-state index >= 15 is 0 Å². The first-order valence-electron chi connectivity index (χ1n) is 10.6. The summed E-state index contributed by atoms with van der Waals surface area (Å²) in [5.74, 6) is -0.0792. The topological polar surface area (TPSA) is 150 Å². The first-order valence-corrected chi connectivity index (χ1v) is 10.6. The third-order valence-corrected chi connectivity index (χ3v) is 5.00. The van der Waals surface area contributed by atoms with Gasteiger partial charge in [0, 0.05) is 25.1 Å². The van der Waals surface area contributed by atoms with Crippen molar-refractivity contribution in [2.75, 3.05) is 24.1 Å². The van der Waals surface area contributed by atoms with Crippen molar-refractivity contribution >= 4 is 23.6 Å².